The molecule has 2 aliphatic carbocycles. The van der Waals surface area contributed by atoms with Gasteiger partial charge in [0.25, 0.3) is 0 Å². The number of rotatable bonds is 1. The molecule has 1 aromatic heterocycles. The maximum Gasteiger partial charge on any atom is 0.231 e. The molecule has 1 fully saturated rings. The summed E-state index contributed by atoms with van der Waals surface area (Å²) in [6.07, 6.45) is 10.9. The molecule has 27 heavy (non-hydrogen) atoms. The molecule has 1 N–H and O–H groups in total. The number of benzene rings is 1. The molecule has 2 aliphatic heterocycles. The van der Waals surface area contributed by atoms with E-state index in [9.17, 15) is 5.11 Å². The number of hydrogen-bond acceptors (Lipinski definition) is 4. The Morgan fingerprint density at radius 2 is 2.04 bits per heavy atom. The molecule has 0 spiro atoms. The van der Waals surface area contributed by atoms with Gasteiger partial charge in [0.2, 0.25) is 6.79 Å². The van der Waals surface area contributed by atoms with Crippen molar-refractivity contribution < 1.29 is 23.9 Å². The number of aromatic nitrogens is 1. The lowest BCUT2D eigenvalue weighted by molar-refractivity contribution is -0.698. The molecule has 4 aliphatic rings. The number of ether oxygens (including phenoxy) is 3. The van der Waals surface area contributed by atoms with Crippen LogP contribution in [0.25, 0.3) is 16.8 Å². The predicted molar refractivity (Wildman–Crippen MR) is 99.1 cm³/mol. The molecule has 5 nitrogen and oxygen atoms in total. The van der Waals surface area contributed by atoms with Crippen molar-refractivity contribution >= 4 is 16.8 Å². The van der Waals surface area contributed by atoms with Gasteiger partial charge < -0.3 is 19.3 Å². The molecule has 0 saturated carbocycles. The quantitative estimate of drug-likeness (QED) is 0.791. The molecule has 0 bridgehead atoms. The number of aryl methyl sites for hydroxylation is 1. The first kappa shape index (κ1) is 15.1. The number of aromatic hydroxyl groups is 1. The lowest BCUT2D eigenvalue weighted by Crippen LogP contribution is -2.42. The Morgan fingerprint density at radius 1 is 1.19 bits per heavy atom. The first-order valence-electron chi connectivity index (χ1n) is 9.42. The van der Waals surface area contributed by atoms with Crippen molar-refractivity contribution in [3.63, 3.8) is 0 Å². The summed E-state index contributed by atoms with van der Waals surface area (Å²) in [7, 11) is 1.60. The van der Waals surface area contributed by atoms with Crippen LogP contribution in [-0.2, 0) is 22.4 Å². The number of methoxy groups -OCH3 is 1. The molecule has 0 amide bonds. The molecule has 1 aromatic carbocycles. The third-order valence-electron chi connectivity index (χ3n) is 6.19. The van der Waals surface area contributed by atoms with Crippen molar-refractivity contribution in [2.24, 2.45) is 5.92 Å². The molecule has 2 unspecified atom stereocenters. The average molecular weight is 362 g/mol. The lowest BCUT2D eigenvalue weighted by Gasteiger charge is -2.27. The van der Waals surface area contributed by atoms with Crippen molar-refractivity contribution in [2.45, 2.75) is 25.3 Å². The van der Waals surface area contributed by atoms with Gasteiger partial charge in [-0.15, -0.1) is 0 Å². The Labute approximate surface area is 156 Å². The van der Waals surface area contributed by atoms with Gasteiger partial charge >= 0.3 is 0 Å². The van der Waals surface area contributed by atoms with E-state index in [1.165, 1.54) is 17.0 Å². The fraction of sp³-hybridized carbons (Fsp3) is 0.318. The van der Waals surface area contributed by atoms with Crippen LogP contribution < -0.4 is 9.30 Å². The predicted octanol–water partition coefficient (Wildman–Crippen LogP) is 3.30. The maximum absolute atomic E-state index is 10.9. The third-order valence-corrected chi connectivity index (χ3v) is 6.19. The van der Waals surface area contributed by atoms with E-state index in [0.717, 1.165) is 41.7 Å². The SMILES string of the molecule is COc1ccc2c3c([n+]4c(c2c1O)CCC4)C1C=C2OCOC2=CC1C=C3. The van der Waals surface area contributed by atoms with Crippen LogP contribution in [0.1, 0.15) is 29.3 Å². The van der Waals surface area contributed by atoms with Crippen molar-refractivity contribution in [1.82, 2.24) is 0 Å². The topological polar surface area (TPSA) is 51.8 Å². The van der Waals surface area contributed by atoms with E-state index in [2.05, 4.69) is 34.9 Å². The molecule has 6 rings (SSSR count). The summed E-state index contributed by atoms with van der Waals surface area (Å²) >= 11 is 0. The van der Waals surface area contributed by atoms with Crippen LogP contribution in [0.2, 0.25) is 0 Å². The molecule has 2 aromatic rings. The minimum absolute atomic E-state index is 0.218. The maximum atomic E-state index is 10.9. The van der Waals surface area contributed by atoms with Gasteiger partial charge in [-0.25, -0.2) is 0 Å². The molecule has 2 atom stereocenters. The van der Waals surface area contributed by atoms with Crippen LogP contribution in [0.5, 0.6) is 11.5 Å². The summed E-state index contributed by atoms with van der Waals surface area (Å²) in [5.41, 5.74) is 3.69. The molecule has 0 radical (unpaired) electrons. The van der Waals surface area contributed by atoms with Crippen LogP contribution in [0, 0.1) is 5.92 Å². The van der Waals surface area contributed by atoms with Crippen molar-refractivity contribution in [3.05, 3.63) is 58.8 Å². The zero-order valence-corrected chi connectivity index (χ0v) is 15.1. The van der Waals surface area contributed by atoms with E-state index in [-0.39, 0.29) is 17.6 Å². The summed E-state index contributed by atoms with van der Waals surface area (Å²) in [4.78, 5) is 0. The van der Waals surface area contributed by atoms with Crippen LogP contribution in [0.4, 0.5) is 0 Å². The normalized spacial score (nSPS) is 24.2. The fourth-order valence-corrected chi connectivity index (χ4v) is 5.03. The highest BCUT2D eigenvalue weighted by Crippen LogP contribution is 2.46. The smallest absolute Gasteiger partial charge is 0.231 e. The van der Waals surface area contributed by atoms with E-state index in [1.807, 2.05) is 6.07 Å². The molecule has 5 heteroatoms. The van der Waals surface area contributed by atoms with Crippen LogP contribution >= 0.6 is 0 Å². The van der Waals surface area contributed by atoms with Gasteiger partial charge in [0, 0.05) is 24.1 Å². The van der Waals surface area contributed by atoms with Gasteiger partial charge in [0.15, 0.2) is 34.4 Å². The summed E-state index contributed by atoms with van der Waals surface area (Å²) in [5.74, 6) is 2.96. The summed E-state index contributed by atoms with van der Waals surface area (Å²) in [5, 5.41) is 12.9. The molecule has 1 saturated heterocycles. The van der Waals surface area contributed by atoms with Crippen molar-refractivity contribution in [1.29, 1.82) is 0 Å². The zero-order valence-electron chi connectivity index (χ0n) is 15.1. The summed E-state index contributed by atoms with van der Waals surface area (Å²) in [6.45, 7) is 1.27. The Hall–Kier alpha value is -2.95. The largest absolute Gasteiger partial charge is 0.504 e. The molecule has 136 valence electrons. The minimum Gasteiger partial charge on any atom is -0.504 e. The summed E-state index contributed by atoms with van der Waals surface area (Å²) < 4.78 is 19.0. The van der Waals surface area contributed by atoms with Gasteiger partial charge in [0.05, 0.1) is 24.0 Å². The number of pyridine rings is 1. The van der Waals surface area contributed by atoms with E-state index < -0.39 is 0 Å². The van der Waals surface area contributed by atoms with Crippen LogP contribution in [-0.4, -0.2) is 19.0 Å². The Balaban J connectivity index is 1.67. The number of allylic oxidation sites excluding steroid dienone is 3. The zero-order chi connectivity index (χ0) is 18.1. The minimum atomic E-state index is 0.218. The van der Waals surface area contributed by atoms with Gasteiger partial charge in [-0.1, -0.05) is 12.2 Å². The number of phenolic OH excluding ortho intramolecular Hbond substituents is 1. The second kappa shape index (κ2) is 5.28. The highest BCUT2D eigenvalue weighted by atomic mass is 16.7. The first-order valence-corrected chi connectivity index (χ1v) is 9.42. The second-order valence-electron chi connectivity index (χ2n) is 7.47. The lowest BCUT2D eigenvalue weighted by atomic mass is 9.77. The van der Waals surface area contributed by atoms with Crippen molar-refractivity contribution in [2.75, 3.05) is 13.9 Å². The van der Waals surface area contributed by atoms with E-state index in [4.69, 9.17) is 14.2 Å². The van der Waals surface area contributed by atoms with Gasteiger partial charge in [-0.05, 0) is 24.3 Å². The standard InChI is InChI=1S/C22H19NO4/c1-25-17-7-6-13-14-5-4-12-9-18-19(27-11-26-18)10-15(12)21(14)23-8-2-3-16(23)20(13)22(17)24/h4-7,9-10,12,15H,2-3,8,11H2,1H3/p+1. The van der Waals surface area contributed by atoms with Crippen LogP contribution in [0.3, 0.4) is 0 Å². The number of nitrogens with zero attached hydrogens (tertiary/aromatic N) is 1. The van der Waals surface area contributed by atoms with Gasteiger partial charge in [-0.2, -0.15) is 4.57 Å². The number of phenols is 1. The second-order valence-corrected chi connectivity index (χ2v) is 7.47. The van der Waals surface area contributed by atoms with Gasteiger partial charge in [0.1, 0.15) is 6.54 Å². The highest BCUT2D eigenvalue weighted by Gasteiger charge is 2.41. The molecular formula is C22H20NO4+. The molecular weight excluding hydrogens is 342 g/mol. The first-order chi connectivity index (χ1) is 13.3. The van der Waals surface area contributed by atoms with E-state index >= 15 is 0 Å². The number of hydrogen-bond donors (Lipinski definition) is 1. The number of fused-ring (bicyclic) bond motifs is 9. The van der Waals surface area contributed by atoms with E-state index in [1.54, 1.807) is 7.11 Å². The molecule has 3 heterocycles. The average Bonchev–Trinajstić information content (AvgIpc) is 3.34. The monoisotopic (exact) mass is 362 g/mol. The fourth-order valence-electron chi connectivity index (χ4n) is 5.03. The van der Waals surface area contributed by atoms with Gasteiger partial charge in [-0.3, -0.25) is 0 Å². The Morgan fingerprint density at radius 3 is 2.89 bits per heavy atom. The Bertz CT molecular complexity index is 1100. The highest BCUT2D eigenvalue weighted by molar-refractivity contribution is 5.98. The van der Waals surface area contributed by atoms with Crippen LogP contribution in [0.15, 0.2) is 41.9 Å². The third kappa shape index (κ3) is 1.91. The van der Waals surface area contributed by atoms with Crippen molar-refractivity contribution in [3.8, 4) is 11.5 Å². The summed E-state index contributed by atoms with van der Waals surface area (Å²) in [6, 6.07) is 3.93. The Kier molecular flexibility index (Phi) is 2.96. The van der Waals surface area contributed by atoms with E-state index in [0.29, 0.717) is 12.5 Å².